The van der Waals surface area contributed by atoms with E-state index in [1.165, 1.54) is 7.11 Å². The molecule has 0 aliphatic rings. The molecule has 138 valence electrons. The molecule has 0 saturated heterocycles. The van der Waals surface area contributed by atoms with Gasteiger partial charge in [0, 0.05) is 12.5 Å². The van der Waals surface area contributed by atoms with Gasteiger partial charge in [-0.2, -0.15) is 0 Å². The Morgan fingerprint density at radius 2 is 1.88 bits per heavy atom. The van der Waals surface area contributed by atoms with Crippen molar-refractivity contribution in [3.05, 3.63) is 59.7 Å². The number of nitrogens with one attached hydrogen (secondary N) is 1. The van der Waals surface area contributed by atoms with Crippen LogP contribution in [0.1, 0.15) is 35.7 Å². The van der Waals surface area contributed by atoms with Gasteiger partial charge < -0.3 is 20.5 Å². The molecule has 1 amide bonds. The van der Waals surface area contributed by atoms with Gasteiger partial charge in [-0.1, -0.05) is 30.3 Å². The highest BCUT2D eigenvalue weighted by molar-refractivity contribution is 5.96. The molecule has 2 aromatic rings. The summed E-state index contributed by atoms with van der Waals surface area (Å²) < 4.78 is 10.6. The fourth-order valence-electron chi connectivity index (χ4n) is 2.31. The summed E-state index contributed by atoms with van der Waals surface area (Å²) in [5.74, 6) is -0.185. The Labute approximate surface area is 153 Å². The molecule has 0 aliphatic carbocycles. The van der Waals surface area contributed by atoms with Crippen LogP contribution < -0.4 is 15.8 Å². The van der Waals surface area contributed by atoms with Gasteiger partial charge in [-0.3, -0.25) is 4.79 Å². The van der Waals surface area contributed by atoms with Crippen molar-refractivity contribution in [2.45, 2.75) is 32.4 Å². The molecule has 26 heavy (non-hydrogen) atoms. The van der Waals surface area contributed by atoms with Crippen molar-refractivity contribution >= 4 is 17.6 Å². The van der Waals surface area contributed by atoms with Crippen molar-refractivity contribution in [3.8, 4) is 5.75 Å². The minimum absolute atomic E-state index is 0.0593. The number of carbonyl (C=O) groups excluding carboxylic acids is 2. The average molecular weight is 356 g/mol. The van der Waals surface area contributed by atoms with E-state index in [9.17, 15) is 9.59 Å². The first-order valence-corrected chi connectivity index (χ1v) is 8.44. The molecule has 0 aromatic heterocycles. The zero-order valence-electron chi connectivity index (χ0n) is 15.0. The molecule has 0 saturated carbocycles. The van der Waals surface area contributed by atoms with Crippen molar-refractivity contribution in [2.24, 2.45) is 5.73 Å². The number of hydrogen-bond acceptors (Lipinski definition) is 5. The normalized spacial score (nSPS) is 11.5. The molecule has 6 heteroatoms. The molecule has 0 aliphatic heterocycles. The summed E-state index contributed by atoms with van der Waals surface area (Å²) in [6.07, 6.45) is 0.862. The maximum absolute atomic E-state index is 12.2. The van der Waals surface area contributed by atoms with Crippen LogP contribution in [0.15, 0.2) is 48.5 Å². The Morgan fingerprint density at radius 3 is 2.54 bits per heavy atom. The lowest BCUT2D eigenvalue weighted by molar-refractivity contribution is -0.116. The first-order valence-electron chi connectivity index (χ1n) is 8.44. The highest BCUT2D eigenvalue weighted by atomic mass is 16.5. The molecule has 0 bridgehead atoms. The van der Waals surface area contributed by atoms with E-state index >= 15 is 0 Å². The molecule has 0 fully saturated rings. The number of anilines is 1. The van der Waals surface area contributed by atoms with E-state index in [-0.39, 0.29) is 18.4 Å². The first-order chi connectivity index (χ1) is 12.5. The quantitative estimate of drug-likeness (QED) is 0.709. The van der Waals surface area contributed by atoms with E-state index in [0.717, 1.165) is 5.56 Å². The third kappa shape index (κ3) is 5.89. The Balaban J connectivity index is 2.16. The van der Waals surface area contributed by atoms with Crippen LogP contribution in [0.4, 0.5) is 5.69 Å². The van der Waals surface area contributed by atoms with Crippen molar-refractivity contribution in [1.29, 1.82) is 0 Å². The predicted octanol–water partition coefficient (Wildman–Crippen LogP) is 3.12. The monoisotopic (exact) mass is 356 g/mol. The summed E-state index contributed by atoms with van der Waals surface area (Å²) in [5.41, 5.74) is 7.46. The minimum Gasteiger partial charge on any atom is -0.487 e. The number of amides is 1. The van der Waals surface area contributed by atoms with Gasteiger partial charge in [0.05, 0.1) is 18.4 Å². The van der Waals surface area contributed by atoms with Crippen LogP contribution in [0.2, 0.25) is 0 Å². The first kappa shape index (κ1) is 19.5. The summed E-state index contributed by atoms with van der Waals surface area (Å²) in [4.78, 5) is 23.9. The third-order valence-electron chi connectivity index (χ3n) is 3.74. The average Bonchev–Trinajstić information content (AvgIpc) is 2.65. The highest BCUT2D eigenvalue weighted by Crippen LogP contribution is 2.27. The Hall–Kier alpha value is -2.86. The number of ether oxygens (including phenoxy) is 2. The van der Waals surface area contributed by atoms with E-state index in [0.29, 0.717) is 30.0 Å². The lowest BCUT2D eigenvalue weighted by Crippen LogP contribution is -2.20. The second kappa shape index (κ2) is 9.58. The van der Waals surface area contributed by atoms with Gasteiger partial charge in [-0.25, -0.2) is 4.79 Å². The number of esters is 1. The minimum atomic E-state index is -0.481. The number of carbonyl (C=O) groups is 2. The highest BCUT2D eigenvalue weighted by Gasteiger charge is 2.14. The topological polar surface area (TPSA) is 90.6 Å². The predicted molar refractivity (Wildman–Crippen MR) is 100 cm³/mol. The molecule has 0 radical (unpaired) electrons. The Morgan fingerprint density at radius 1 is 1.15 bits per heavy atom. The van der Waals surface area contributed by atoms with Crippen LogP contribution in [0.25, 0.3) is 0 Å². The lowest BCUT2D eigenvalue weighted by atomic mass is 10.1. The van der Waals surface area contributed by atoms with E-state index in [2.05, 4.69) is 5.32 Å². The third-order valence-corrected chi connectivity index (χ3v) is 3.74. The molecule has 0 heterocycles. The maximum Gasteiger partial charge on any atom is 0.337 e. The van der Waals surface area contributed by atoms with Gasteiger partial charge in [0.1, 0.15) is 12.4 Å². The summed E-state index contributed by atoms with van der Waals surface area (Å²) in [6, 6.07) is 14.4. The summed E-state index contributed by atoms with van der Waals surface area (Å²) in [7, 11) is 1.31. The van der Waals surface area contributed by atoms with Gasteiger partial charge in [-0.05, 0) is 37.1 Å². The van der Waals surface area contributed by atoms with Crippen LogP contribution in [0, 0.1) is 0 Å². The fraction of sp³-hybridized carbons (Fsp3) is 0.300. The standard InChI is InChI=1S/C20H24N2O4/c1-14(21)8-11-19(23)22-17-12-16(20(24)25-2)9-10-18(17)26-13-15-6-4-3-5-7-15/h3-7,9-10,12,14H,8,11,13,21H2,1-2H3,(H,22,23). The number of nitrogens with two attached hydrogens (primary N) is 1. The van der Waals surface area contributed by atoms with E-state index < -0.39 is 5.97 Å². The van der Waals surface area contributed by atoms with Crippen LogP contribution in [0.5, 0.6) is 5.75 Å². The molecule has 6 nitrogen and oxygen atoms in total. The number of methoxy groups -OCH3 is 1. The fourth-order valence-corrected chi connectivity index (χ4v) is 2.31. The molecule has 0 spiro atoms. The van der Waals surface area contributed by atoms with E-state index in [4.69, 9.17) is 15.2 Å². The SMILES string of the molecule is COC(=O)c1ccc(OCc2ccccc2)c(NC(=O)CCC(C)N)c1. The lowest BCUT2D eigenvalue weighted by Gasteiger charge is -2.14. The number of hydrogen-bond donors (Lipinski definition) is 2. The van der Waals surface area contributed by atoms with Crippen LogP contribution in [0.3, 0.4) is 0 Å². The van der Waals surface area contributed by atoms with Crippen LogP contribution in [-0.4, -0.2) is 25.0 Å². The summed E-state index contributed by atoms with van der Waals surface area (Å²) in [5, 5.41) is 2.79. The molecule has 2 rings (SSSR count). The van der Waals surface area contributed by atoms with Gasteiger partial charge >= 0.3 is 5.97 Å². The zero-order valence-corrected chi connectivity index (χ0v) is 15.0. The van der Waals surface area contributed by atoms with Crippen LogP contribution in [-0.2, 0) is 16.1 Å². The zero-order chi connectivity index (χ0) is 18.9. The Bertz CT molecular complexity index is 745. The second-order valence-corrected chi connectivity index (χ2v) is 6.04. The molecule has 2 aromatic carbocycles. The Kier molecular flexibility index (Phi) is 7.17. The van der Waals surface area contributed by atoms with Crippen molar-refractivity contribution in [1.82, 2.24) is 0 Å². The molecule has 1 atom stereocenters. The number of rotatable bonds is 8. The van der Waals surface area contributed by atoms with Gasteiger partial charge in [0.2, 0.25) is 5.91 Å². The second-order valence-electron chi connectivity index (χ2n) is 6.04. The largest absolute Gasteiger partial charge is 0.487 e. The van der Waals surface area contributed by atoms with Crippen molar-refractivity contribution in [3.63, 3.8) is 0 Å². The van der Waals surface area contributed by atoms with Gasteiger partial charge in [-0.15, -0.1) is 0 Å². The van der Waals surface area contributed by atoms with Gasteiger partial charge in [0.15, 0.2) is 0 Å². The number of benzene rings is 2. The molecule has 1 unspecified atom stereocenters. The van der Waals surface area contributed by atoms with Crippen molar-refractivity contribution in [2.75, 3.05) is 12.4 Å². The van der Waals surface area contributed by atoms with Gasteiger partial charge in [0.25, 0.3) is 0 Å². The molecular formula is C20H24N2O4. The van der Waals surface area contributed by atoms with E-state index in [1.807, 2.05) is 37.3 Å². The maximum atomic E-state index is 12.2. The molecular weight excluding hydrogens is 332 g/mol. The summed E-state index contributed by atoms with van der Waals surface area (Å²) >= 11 is 0. The van der Waals surface area contributed by atoms with Crippen LogP contribution >= 0.6 is 0 Å². The van der Waals surface area contributed by atoms with Crippen molar-refractivity contribution < 1.29 is 19.1 Å². The summed E-state index contributed by atoms with van der Waals surface area (Å²) in [6.45, 7) is 2.20. The smallest absolute Gasteiger partial charge is 0.337 e. The van der Waals surface area contributed by atoms with E-state index in [1.54, 1.807) is 18.2 Å². The molecule has 3 N–H and O–H groups in total.